The van der Waals surface area contributed by atoms with Crippen LogP contribution in [0.1, 0.15) is 25.3 Å². The number of fused-ring (bicyclic) bond motifs is 1. The Bertz CT molecular complexity index is 655. The number of allylic oxidation sites excluding steroid dienone is 4. The van der Waals surface area contributed by atoms with E-state index in [4.69, 9.17) is 0 Å². The molecule has 0 spiro atoms. The third-order valence-electron chi connectivity index (χ3n) is 6.67. The van der Waals surface area contributed by atoms with Crippen molar-refractivity contribution in [1.29, 1.82) is 0 Å². The second kappa shape index (κ2) is 6.34. The molecule has 3 rings (SSSR count). The number of rotatable bonds is 4. The van der Waals surface area contributed by atoms with Gasteiger partial charge in [0.2, 0.25) is 0 Å². The first-order valence-electron chi connectivity index (χ1n) is 9.44. The fourth-order valence-corrected chi connectivity index (χ4v) is 12.6. The Balaban J connectivity index is 1.86. The Morgan fingerprint density at radius 3 is 2.33 bits per heavy atom. The van der Waals surface area contributed by atoms with Gasteiger partial charge in [-0.25, -0.2) is 0 Å². The van der Waals surface area contributed by atoms with Gasteiger partial charge in [-0.3, -0.25) is 0 Å². The zero-order valence-corrected chi connectivity index (χ0v) is 18.2. The smallest absolute Gasteiger partial charge is 0.140 e. The largest absolute Gasteiger partial charge is 0.412 e. The van der Waals surface area contributed by atoms with Crippen molar-refractivity contribution in [1.82, 2.24) is 0 Å². The summed E-state index contributed by atoms with van der Waals surface area (Å²) in [6.45, 7) is 14.9. The maximum Gasteiger partial charge on any atom is 0.140 e. The van der Waals surface area contributed by atoms with Crippen molar-refractivity contribution in [2.24, 2.45) is 17.8 Å². The van der Waals surface area contributed by atoms with Crippen LogP contribution in [0.4, 0.5) is 5.69 Å². The number of benzene rings is 1. The van der Waals surface area contributed by atoms with Crippen LogP contribution in [0.15, 0.2) is 47.7 Å². The first-order chi connectivity index (χ1) is 11.2. The highest BCUT2D eigenvalue weighted by Crippen LogP contribution is 2.47. The fraction of sp³-hybridized carbons (Fsp3) is 0.524. The monoisotopic (exact) mass is 355 g/mol. The summed E-state index contributed by atoms with van der Waals surface area (Å²) in [4.78, 5) is 4.01. The summed E-state index contributed by atoms with van der Waals surface area (Å²) in [6.07, 6.45) is 10.1. The lowest BCUT2D eigenvalue weighted by molar-refractivity contribution is 0.539. The molecular formula is C21H33NSi2. The summed E-state index contributed by atoms with van der Waals surface area (Å²) in [5.41, 5.74) is 2.64. The van der Waals surface area contributed by atoms with Crippen LogP contribution in [0.2, 0.25) is 26.2 Å². The Morgan fingerprint density at radius 2 is 1.67 bits per heavy atom. The van der Waals surface area contributed by atoms with E-state index in [-0.39, 0.29) is 0 Å². The highest BCUT2D eigenvalue weighted by atomic mass is 29.3. The molecule has 24 heavy (non-hydrogen) atoms. The molecule has 1 fully saturated rings. The van der Waals surface area contributed by atoms with Crippen LogP contribution in [0, 0.1) is 24.7 Å². The molecule has 1 saturated carbocycles. The minimum absolute atomic E-state index is 0.802. The highest BCUT2D eigenvalue weighted by Gasteiger charge is 2.49. The quantitative estimate of drug-likeness (QED) is 0.644. The maximum absolute atomic E-state index is 4.01. The van der Waals surface area contributed by atoms with Gasteiger partial charge in [-0.1, -0.05) is 74.2 Å². The molecule has 0 saturated heterocycles. The molecule has 1 aromatic carbocycles. The number of anilines is 1. The maximum atomic E-state index is 4.01. The molecule has 2 aliphatic rings. The van der Waals surface area contributed by atoms with Gasteiger partial charge in [-0.05, 0) is 49.7 Å². The summed E-state index contributed by atoms with van der Waals surface area (Å²) in [6, 6.07) is 8.95. The minimum Gasteiger partial charge on any atom is -0.412 e. The van der Waals surface area contributed by atoms with Crippen LogP contribution in [-0.2, 0) is 0 Å². The first-order valence-corrected chi connectivity index (χ1v) is 16.4. The average Bonchev–Trinajstić information content (AvgIpc) is 2.89. The zero-order chi connectivity index (χ0) is 17.5. The van der Waals surface area contributed by atoms with Crippen molar-refractivity contribution < 1.29 is 0 Å². The van der Waals surface area contributed by atoms with E-state index in [1.165, 1.54) is 24.1 Å². The average molecular weight is 356 g/mol. The molecule has 0 amide bonds. The molecule has 3 unspecified atom stereocenters. The highest BCUT2D eigenvalue weighted by molar-refractivity contribution is 7.44. The molecule has 130 valence electrons. The van der Waals surface area contributed by atoms with Crippen LogP contribution in [0.5, 0.6) is 0 Å². The van der Waals surface area contributed by atoms with Crippen molar-refractivity contribution >= 4 is 21.0 Å². The number of nitrogens with one attached hydrogen (secondary N) is 1. The Labute approximate surface area is 150 Å². The van der Waals surface area contributed by atoms with Crippen LogP contribution in [0.25, 0.3) is 0 Å². The second-order valence-electron chi connectivity index (χ2n) is 9.09. The fourth-order valence-electron chi connectivity index (χ4n) is 4.52. The van der Waals surface area contributed by atoms with E-state index in [2.05, 4.69) is 87.5 Å². The Hall–Kier alpha value is -1.07. The topological polar surface area (TPSA) is 12.0 Å². The van der Waals surface area contributed by atoms with E-state index in [1.54, 1.807) is 0 Å². The van der Waals surface area contributed by atoms with Crippen LogP contribution in [0.3, 0.4) is 0 Å². The van der Waals surface area contributed by atoms with Crippen LogP contribution < -0.4 is 4.98 Å². The van der Waals surface area contributed by atoms with Gasteiger partial charge >= 0.3 is 0 Å². The lowest BCUT2D eigenvalue weighted by Gasteiger charge is -2.44. The van der Waals surface area contributed by atoms with Crippen molar-refractivity contribution in [3.8, 4) is 0 Å². The number of aryl methyl sites for hydroxylation is 1. The van der Waals surface area contributed by atoms with Crippen molar-refractivity contribution in [2.45, 2.75) is 52.9 Å². The van der Waals surface area contributed by atoms with Crippen LogP contribution >= 0.6 is 0 Å². The molecule has 3 atom stereocenters. The third-order valence-corrected chi connectivity index (χ3v) is 23.3. The number of hydrogen-bond donors (Lipinski definition) is 1. The van der Waals surface area contributed by atoms with E-state index in [1.807, 2.05) is 5.20 Å². The van der Waals surface area contributed by atoms with Crippen molar-refractivity contribution in [3.63, 3.8) is 0 Å². The van der Waals surface area contributed by atoms with Gasteiger partial charge in [0.15, 0.2) is 0 Å². The molecule has 3 heteroatoms. The molecule has 0 radical (unpaired) electrons. The Kier molecular flexibility index (Phi) is 4.69. The van der Waals surface area contributed by atoms with E-state index in [0.29, 0.717) is 0 Å². The summed E-state index contributed by atoms with van der Waals surface area (Å²) < 4.78 is 0. The van der Waals surface area contributed by atoms with E-state index in [0.717, 1.165) is 17.8 Å². The van der Waals surface area contributed by atoms with E-state index in [9.17, 15) is 0 Å². The van der Waals surface area contributed by atoms with Crippen molar-refractivity contribution in [3.05, 3.63) is 53.3 Å². The molecule has 1 N–H and O–H groups in total. The lowest BCUT2D eigenvalue weighted by Crippen LogP contribution is -2.63. The SMILES string of the molecule is Cc1ccc(N[Si](C)(C)[Si](C)(C)C2=CC=CC3CC(C)CC23)cc1. The van der Waals surface area contributed by atoms with E-state index >= 15 is 0 Å². The molecule has 2 aliphatic carbocycles. The predicted molar refractivity (Wildman–Crippen MR) is 112 cm³/mol. The second-order valence-corrected chi connectivity index (χ2v) is 23.9. The predicted octanol–water partition coefficient (Wildman–Crippen LogP) is 6.10. The molecule has 0 bridgehead atoms. The van der Waals surface area contributed by atoms with Gasteiger partial charge in [0.05, 0.1) is 7.59 Å². The Morgan fingerprint density at radius 1 is 1.00 bits per heavy atom. The molecular weight excluding hydrogens is 322 g/mol. The molecule has 1 aromatic rings. The number of hydrogen-bond acceptors (Lipinski definition) is 1. The minimum atomic E-state index is -1.57. The molecule has 1 nitrogen and oxygen atoms in total. The van der Waals surface area contributed by atoms with Gasteiger partial charge in [-0.15, -0.1) is 0 Å². The summed E-state index contributed by atoms with van der Waals surface area (Å²) in [5, 5.41) is 1.83. The standard InChI is InChI=1S/C21H33NSi2/c1-16-10-12-19(13-11-16)22-24(5,6)23(3,4)21-9-7-8-18-14-17(2)15-20(18)21/h7-13,17-18,20,22H,14-15H2,1-6H3. The van der Waals surface area contributed by atoms with Crippen LogP contribution in [-0.4, -0.2) is 15.3 Å². The summed E-state index contributed by atoms with van der Waals surface area (Å²) in [7, 11) is -3.08. The molecule has 0 heterocycles. The van der Waals surface area contributed by atoms with Crippen molar-refractivity contribution in [2.75, 3.05) is 4.98 Å². The van der Waals surface area contributed by atoms with E-state index < -0.39 is 15.3 Å². The first kappa shape index (κ1) is 17.7. The van der Waals surface area contributed by atoms with Gasteiger partial charge < -0.3 is 4.98 Å². The summed E-state index contributed by atoms with van der Waals surface area (Å²) in [5.74, 6) is 2.50. The van der Waals surface area contributed by atoms with Gasteiger partial charge in [-0.2, -0.15) is 0 Å². The van der Waals surface area contributed by atoms with Gasteiger partial charge in [0.25, 0.3) is 0 Å². The summed E-state index contributed by atoms with van der Waals surface area (Å²) >= 11 is 0. The molecule has 0 aliphatic heterocycles. The normalized spacial score (nSPS) is 26.9. The van der Waals surface area contributed by atoms with Gasteiger partial charge in [0, 0.05) is 5.69 Å². The third kappa shape index (κ3) is 3.21. The zero-order valence-electron chi connectivity index (χ0n) is 16.2. The lowest BCUT2D eigenvalue weighted by atomic mass is 9.91. The van der Waals surface area contributed by atoms with Gasteiger partial charge in [0.1, 0.15) is 7.75 Å². The molecule has 0 aromatic heterocycles.